The van der Waals surface area contributed by atoms with Crippen LogP contribution in [-0.2, 0) is 9.59 Å². The van der Waals surface area contributed by atoms with Crippen LogP contribution in [0.15, 0.2) is 48.6 Å². The van der Waals surface area contributed by atoms with E-state index in [4.69, 9.17) is 24.7 Å². The monoisotopic (exact) mass is 481 g/mol. The van der Waals surface area contributed by atoms with Crippen molar-refractivity contribution in [2.45, 2.75) is 33.1 Å². The molecule has 0 bridgehead atoms. The summed E-state index contributed by atoms with van der Waals surface area (Å²) in [6.07, 6.45) is 7.65. The third kappa shape index (κ3) is 9.66. The number of rotatable bonds is 16. The van der Waals surface area contributed by atoms with Crippen molar-refractivity contribution in [2.75, 3.05) is 33.5 Å². The van der Waals surface area contributed by atoms with Crippen molar-refractivity contribution in [1.29, 1.82) is 0 Å². The lowest BCUT2D eigenvalue weighted by atomic mass is 10.1. The van der Waals surface area contributed by atoms with Crippen LogP contribution in [0.4, 0.5) is 0 Å². The largest absolute Gasteiger partial charge is 0.493 e. The standard InChI is InChI=1S/C28H35NO6/c1-4-15-33-26-13-9-22(19-28(26)34-16-5-2)7-11-24(31)20-23(30)10-6-21-8-12-25(32-3)27(18-21)35-17-14-29/h6-13,18-19H,4-5,14-17,20,29H2,1-3H3/b10-6+,11-7+. The number of carbonyl (C=O) groups excluding carboxylic acids is 2. The van der Waals surface area contributed by atoms with Crippen LogP contribution in [0.1, 0.15) is 44.2 Å². The van der Waals surface area contributed by atoms with Gasteiger partial charge in [0.05, 0.1) is 26.7 Å². The molecular formula is C28H35NO6. The van der Waals surface area contributed by atoms with E-state index in [1.807, 2.05) is 32.0 Å². The first-order valence-electron chi connectivity index (χ1n) is 11.8. The Labute approximate surface area is 207 Å². The molecule has 0 aliphatic heterocycles. The van der Waals surface area contributed by atoms with Crippen molar-refractivity contribution in [3.8, 4) is 23.0 Å². The van der Waals surface area contributed by atoms with Gasteiger partial charge in [0.2, 0.25) is 0 Å². The predicted octanol–water partition coefficient (Wildman–Crippen LogP) is 4.87. The quantitative estimate of drug-likeness (QED) is 0.270. The van der Waals surface area contributed by atoms with Gasteiger partial charge >= 0.3 is 0 Å². The summed E-state index contributed by atoms with van der Waals surface area (Å²) in [7, 11) is 1.55. The molecule has 0 atom stereocenters. The van der Waals surface area contributed by atoms with E-state index < -0.39 is 0 Å². The lowest BCUT2D eigenvalue weighted by Gasteiger charge is -2.12. The van der Waals surface area contributed by atoms with Crippen LogP contribution in [0.3, 0.4) is 0 Å². The maximum atomic E-state index is 12.3. The van der Waals surface area contributed by atoms with Gasteiger partial charge in [-0.2, -0.15) is 0 Å². The van der Waals surface area contributed by atoms with Crippen molar-refractivity contribution >= 4 is 23.7 Å². The van der Waals surface area contributed by atoms with E-state index in [1.165, 1.54) is 12.2 Å². The lowest BCUT2D eigenvalue weighted by Crippen LogP contribution is -2.11. The summed E-state index contributed by atoms with van der Waals surface area (Å²) >= 11 is 0. The van der Waals surface area contributed by atoms with Crippen LogP contribution in [0.5, 0.6) is 23.0 Å². The van der Waals surface area contributed by atoms with Crippen molar-refractivity contribution < 1.29 is 28.5 Å². The summed E-state index contributed by atoms with van der Waals surface area (Å²) in [4.78, 5) is 24.6. The molecule has 0 radical (unpaired) electrons. The van der Waals surface area contributed by atoms with E-state index >= 15 is 0 Å². The van der Waals surface area contributed by atoms with Gasteiger partial charge in [0.15, 0.2) is 34.6 Å². The number of ketones is 2. The highest BCUT2D eigenvalue weighted by molar-refractivity contribution is 6.10. The molecule has 0 aromatic heterocycles. The van der Waals surface area contributed by atoms with Crippen molar-refractivity contribution in [1.82, 2.24) is 0 Å². The maximum absolute atomic E-state index is 12.3. The molecule has 0 saturated carbocycles. The van der Waals surface area contributed by atoms with Gasteiger partial charge < -0.3 is 24.7 Å². The average molecular weight is 482 g/mol. The Bertz CT molecular complexity index is 1030. The molecule has 0 unspecified atom stereocenters. The SMILES string of the molecule is CCCOc1ccc(/C=C/C(=O)CC(=O)/C=C/c2ccc(OC)c(OCCN)c2)cc1OCCC. The Hall–Kier alpha value is -3.58. The molecular weight excluding hydrogens is 446 g/mol. The molecule has 0 spiro atoms. The second-order valence-electron chi connectivity index (χ2n) is 7.73. The zero-order valence-electron chi connectivity index (χ0n) is 20.8. The van der Waals surface area contributed by atoms with Gasteiger partial charge in [0.1, 0.15) is 6.61 Å². The Kier molecular flexibility index (Phi) is 12.1. The number of methoxy groups -OCH3 is 1. The number of allylic oxidation sites excluding steroid dienone is 2. The number of benzene rings is 2. The van der Waals surface area contributed by atoms with E-state index in [1.54, 1.807) is 37.5 Å². The van der Waals surface area contributed by atoms with Crippen LogP contribution >= 0.6 is 0 Å². The molecule has 0 amide bonds. The summed E-state index contributed by atoms with van der Waals surface area (Å²) in [5, 5.41) is 0. The first-order valence-corrected chi connectivity index (χ1v) is 11.8. The fraction of sp³-hybridized carbons (Fsp3) is 0.357. The Morgan fingerprint density at radius 3 is 1.74 bits per heavy atom. The maximum Gasteiger partial charge on any atom is 0.163 e. The van der Waals surface area contributed by atoms with E-state index in [0.29, 0.717) is 49.4 Å². The Balaban J connectivity index is 1.99. The molecule has 2 aromatic carbocycles. The van der Waals surface area contributed by atoms with Gasteiger partial charge in [-0.1, -0.05) is 38.1 Å². The van der Waals surface area contributed by atoms with Crippen LogP contribution < -0.4 is 24.7 Å². The molecule has 2 aromatic rings. The van der Waals surface area contributed by atoms with Crippen molar-refractivity contribution in [3.63, 3.8) is 0 Å². The Morgan fingerprint density at radius 1 is 0.743 bits per heavy atom. The number of hydrogen-bond donors (Lipinski definition) is 1. The van der Waals surface area contributed by atoms with Gasteiger partial charge in [-0.25, -0.2) is 0 Å². The van der Waals surface area contributed by atoms with Gasteiger partial charge in [-0.05, 0) is 60.4 Å². The van der Waals surface area contributed by atoms with E-state index in [2.05, 4.69) is 0 Å². The minimum Gasteiger partial charge on any atom is -0.493 e. The van der Waals surface area contributed by atoms with Crippen LogP contribution in [0.25, 0.3) is 12.2 Å². The third-order valence-electron chi connectivity index (χ3n) is 4.73. The molecule has 0 heterocycles. The summed E-state index contributed by atoms with van der Waals surface area (Å²) in [5.41, 5.74) is 7.03. The molecule has 0 aliphatic rings. The van der Waals surface area contributed by atoms with Crippen molar-refractivity contribution in [2.24, 2.45) is 5.73 Å². The zero-order valence-corrected chi connectivity index (χ0v) is 20.8. The molecule has 7 heteroatoms. The number of carbonyl (C=O) groups is 2. The van der Waals surface area contributed by atoms with E-state index in [0.717, 1.165) is 24.0 Å². The number of hydrogen-bond acceptors (Lipinski definition) is 7. The molecule has 0 saturated heterocycles. The predicted molar refractivity (Wildman–Crippen MR) is 138 cm³/mol. The highest BCUT2D eigenvalue weighted by Crippen LogP contribution is 2.30. The molecule has 188 valence electrons. The van der Waals surface area contributed by atoms with Crippen LogP contribution in [-0.4, -0.2) is 45.0 Å². The topological polar surface area (TPSA) is 97.1 Å². The van der Waals surface area contributed by atoms with Gasteiger partial charge in [-0.15, -0.1) is 0 Å². The van der Waals surface area contributed by atoms with Gasteiger partial charge in [0, 0.05) is 6.54 Å². The minimum absolute atomic E-state index is 0.226. The van der Waals surface area contributed by atoms with Gasteiger partial charge in [-0.3, -0.25) is 9.59 Å². The minimum atomic E-state index is -0.296. The summed E-state index contributed by atoms with van der Waals surface area (Å²) in [6, 6.07) is 10.8. The summed E-state index contributed by atoms with van der Waals surface area (Å²) in [6.45, 7) is 5.97. The molecule has 35 heavy (non-hydrogen) atoms. The first kappa shape index (κ1) is 27.7. The average Bonchev–Trinajstić information content (AvgIpc) is 2.87. The molecule has 2 rings (SSSR count). The van der Waals surface area contributed by atoms with Crippen molar-refractivity contribution in [3.05, 3.63) is 59.7 Å². The second kappa shape index (κ2) is 15.3. The smallest absolute Gasteiger partial charge is 0.163 e. The number of ether oxygens (including phenoxy) is 4. The molecule has 0 aliphatic carbocycles. The fourth-order valence-electron chi connectivity index (χ4n) is 3.03. The van der Waals surface area contributed by atoms with E-state index in [-0.39, 0.29) is 18.0 Å². The number of nitrogens with two attached hydrogens (primary N) is 1. The highest BCUT2D eigenvalue weighted by Gasteiger charge is 2.08. The van der Waals surface area contributed by atoms with Crippen LogP contribution in [0.2, 0.25) is 0 Å². The molecule has 0 fully saturated rings. The lowest BCUT2D eigenvalue weighted by molar-refractivity contribution is -0.121. The molecule has 7 nitrogen and oxygen atoms in total. The fourth-order valence-corrected chi connectivity index (χ4v) is 3.03. The van der Waals surface area contributed by atoms with Crippen LogP contribution in [0, 0.1) is 0 Å². The Morgan fingerprint density at radius 2 is 1.23 bits per heavy atom. The van der Waals surface area contributed by atoms with Gasteiger partial charge in [0.25, 0.3) is 0 Å². The normalized spacial score (nSPS) is 11.1. The first-order chi connectivity index (χ1) is 17.0. The summed E-state index contributed by atoms with van der Waals surface area (Å²) in [5.74, 6) is 1.86. The highest BCUT2D eigenvalue weighted by atomic mass is 16.5. The second-order valence-corrected chi connectivity index (χ2v) is 7.73. The molecule has 2 N–H and O–H groups in total. The zero-order chi connectivity index (χ0) is 25.5. The third-order valence-corrected chi connectivity index (χ3v) is 4.73. The summed E-state index contributed by atoms with van der Waals surface area (Å²) < 4.78 is 22.4. The van der Waals surface area contributed by atoms with E-state index in [9.17, 15) is 9.59 Å².